The first-order chi connectivity index (χ1) is 12.3. The van der Waals surface area contributed by atoms with E-state index < -0.39 is 17.1 Å². The number of aryl methyl sites for hydroxylation is 1. The molecular weight excluding hydrogens is 357 g/mol. The highest BCUT2D eigenvalue weighted by Crippen LogP contribution is 2.26. The van der Waals surface area contributed by atoms with Gasteiger partial charge in [0.2, 0.25) is 0 Å². The van der Waals surface area contributed by atoms with Crippen LogP contribution in [0.15, 0.2) is 32.6 Å². The van der Waals surface area contributed by atoms with Gasteiger partial charge in [-0.05, 0) is 31.9 Å². The van der Waals surface area contributed by atoms with Crippen molar-refractivity contribution >= 4 is 21.6 Å². The Kier molecular flexibility index (Phi) is 4.70. The quantitative estimate of drug-likeness (QED) is 0.702. The largest absolute Gasteiger partial charge is 0.335 e. The van der Waals surface area contributed by atoms with Crippen molar-refractivity contribution in [3.8, 4) is 5.69 Å². The second-order valence-electron chi connectivity index (χ2n) is 6.27. The molecule has 3 rings (SSSR count). The van der Waals surface area contributed by atoms with E-state index in [1.165, 1.54) is 22.8 Å². The monoisotopic (exact) mass is 377 g/mol. The number of nitrogens with zero attached hydrogens (tertiary/aromatic N) is 3. The zero-order valence-electron chi connectivity index (χ0n) is 15.1. The smallest absolute Gasteiger partial charge is 0.300 e. The predicted octanol–water partition coefficient (Wildman–Crippen LogP) is 2.59. The zero-order chi connectivity index (χ0) is 19.2. The summed E-state index contributed by atoms with van der Waals surface area (Å²) in [4.78, 5) is 37.2. The van der Waals surface area contributed by atoms with Gasteiger partial charge < -0.3 is 4.57 Å². The maximum atomic E-state index is 14.7. The van der Waals surface area contributed by atoms with Crippen LogP contribution in [0.3, 0.4) is 0 Å². The van der Waals surface area contributed by atoms with Crippen LogP contribution in [-0.4, -0.2) is 13.7 Å². The van der Waals surface area contributed by atoms with Gasteiger partial charge in [-0.15, -0.1) is 0 Å². The van der Waals surface area contributed by atoms with Gasteiger partial charge in [-0.1, -0.05) is 25.2 Å². The van der Waals surface area contributed by atoms with Crippen molar-refractivity contribution in [3.63, 3.8) is 0 Å². The first kappa shape index (κ1) is 18.3. The maximum Gasteiger partial charge on any atom is 0.335 e. The molecule has 0 radical (unpaired) electrons. The molecule has 1 unspecified atom stereocenters. The molecule has 3 aromatic rings. The van der Waals surface area contributed by atoms with E-state index in [1.807, 2.05) is 20.8 Å². The maximum absolute atomic E-state index is 14.7. The SMILES string of the molecule is CCc1cc(=O)n(-c2cc3c(cc2F)sc(=O)n3C(C)CC)c(=O)n1C. The number of halogens is 1. The Hall–Kier alpha value is -2.48. The topological polar surface area (TPSA) is 66.0 Å². The standard InChI is InChI=1S/C18H20FN3O3S/c1-5-10(3)21-14-9-13(12(19)8-15(14)26-18(21)25)22-16(23)7-11(6-2)20(4)17(22)24/h7-10H,5-6H2,1-4H3. The number of fused-ring (bicyclic) bond motifs is 1. The highest BCUT2D eigenvalue weighted by molar-refractivity contribution is 7.16. The summed E-state index contributed by atoms with van der Waals surface area (Å²) in [6.07, 6.45) is 1.24. The minimum atomic E-state index is -0.710. The van der Waals surface area contributed by atoms with Crippen molar-refractivity contribution in [3.05, 3.63) is 60.2 Å². The molecule has 0 N–H and O–H groups in total. The van der Waals surface area contributed by atoms with Crippen LogP contribution in [0.2, 0.25) is 0 Å². The lowest BCUT2D eigenvalue weighted by atomic mass is 10.2. The molecular formula is C18H20FN3O3S. The summed E-state index contributed by atoms with van der Waals surface area (Å²) in [5.41, 5.74) is -0.235. The summed E-state index contributed by atoms with van der Waals surface area (Å²) in [6, 6.07) is 3.90. The van der Waals surface area contributed by atoms with E-state index in [2.05, 4.69) is 0 Å². The molecule has 0 aliphatic carbocycles. The van der Waals surface area contributed by atoms with Crippen LogP contribution in [0.4, 0.5) is 4.39 Å². The average Bonchev–Trinajstić information content (AvgIpc) is 2.92. The molecule has 2 aromatic heterocycles. The molecule has 8 heteroatoms. The lowest BCUT2D eigenvalue weighted by Gasteiger charge is -2.14. The second-order valence-corrected chi connectivity index (χ2v) is 7.26. The van der Waals surface area contributed by atoms with E-state index in [-0.39, 0.29) is 16.6 Å². The molecule has 0 saturated carbocycles. The summed E-state index contributed by atoms with van der Waals surface area (Å²) in [7, 11) is 1.55. The van der Waals surface area contributed by atoms with E-state index in [0.717, 1.165) is 22.3 Å². The first-order valence-corrected chi connectivity index (χ1v) is 9.28. The van der Waals surface area contributed by atoms with E-state index in [1.54, 1.807) is 11.6 Å². The molecule has 1 atom stereocenters. The lowest BCUT2D eigenvalue weighted by molar-refractivity contribution is 0.538. The van der Waals surface area contributed by atoms with E-state index in [9.17, 15) is 18.8 Å². The summed E-state index contributed by atoms with van der Waals surface area (Å²) >= 11 is 0.955. The number of hydrogen-bond donors (Lipinski definition) is 0. The van der Waals surface area contributed by atoms with Gasteiger partial charge in [0.15, 0.2) is 0 Å². The fraction of sp³-hybridized carbons (Fsp3) is 0.389. The number of aromatic nitrogens is 3. The Morgan fingerprint density at radius 1 is 1.15 bits per heavy atom. The van der Waals surface area contributed by atoms with E-state index in [0.29, 0.717) is 22.3 Å². The number of benzene rings is 1. The van der Waals surface area contributed by atoms with Gasteiger partial charge in [0.1, 0.15) is 5.82 Å². The normalized spacial score (nSPS) is 12.7. The molecule has 0 saturated heterocycles. The highest BCUT2D eigenvalue weighted by atomic mass is 32.1. The van der Waals surface area contributed by atoms with Gasteiger partial charge in [-0.25, -0.2) is 13.8 Å². The molecule has 0 aliphatic rings. The zero-order valence-corrected chi connectivity index (χ0v) is 15.9. The molecule has 1 aromatic carbocycles. The predicted molar refractivity (Wildman–Crippen MR) is 101 cm³/mol. The van der Waals surface area contributed by atoms with E-state index in [4.69, 9.17) is 0 Å². The fourth-order valence-corrected chi connectivity index (χ4v) is 4.04. The van der Waals surface area contributed by atoms with Crippen LogP contribution in [0.25, 0.3) is 15.9 Å². The number of hydrogen-bond acceptors (Lipinski definition) is 4. The van der Waals surface area contributed by atoms with Gasteiger partial charge in [0, 0.05) is 24.8 Å². The van der Waals surface area contributed by atoms with Crippen LogP contribution in [-0.2, 0) is 13.5 Å². The molecule has 2 heterocycles. The minimum Gasteiger partial charge on any atom is -0.300 e. The minimum absolute atomic E-state index is 0.0726. The molecule has 0 fully saturated rings. The van der Waals surface area contributed by atoms with Crippen molar-refractivity contribution in [2.45, 2.75) is 39.7 Å². The Labute approximate surface area is 152 Å². The Morgan fingerprint density at radius 2 is 1.85 bits per heavy atom. The summed E-state index contributed by atoms with van der Waals surface area (Å²) in [5.74, 6) is -0.710. The Bertz CT molecular complexity index is 1170. The van der Waals surface area contributed by atoms with Gasteiger partial charge >= 0.3 is 10.6 Å². The van der Waals surface area contributed by atoms with Gasteiger partial charge in [0.05, 0.1) is 15.9 Å². The van der Waals surface area contributed by atoms with Crippen molar-refractivity contribution in [1.29, 1.82) is 0 Å². The second kappa shape index (κ2) is 6.68. The number of rotatable bonds is 4. The first-order valence-electron chi connectivity index (χ1n) is 8.47. The molecule has 138 valence electrons. The third-order valence-electron chi connectivity index (χ3n) is 4.74. The Morgan fingerprint density at radius 3 is 2.46 bits per heavy atom. The van der Waals surface area contributed by atoms with Crippen LogP contribution >= 0.6 is 11.3 Å². The molecule has 0 spiro atoms. The molecule has 0 aliphatic heterocycles. The molecule has 0 amide bonds. The van der Waals surface area contributed by atoms with Crippen LogP contribution < -0.4 is 16.1 Å². The van der Waals surface area contributed by atoms with Crippen LogP contribution in [0, 0.1) is 5.82 Å². The van der Waals surface area contributed by atoms with Crippen molar-refractivity contribution in [1.82, 2.24) is 13.7 Å². The van der Waals surface area contributed by atoms with Crippen molar-refractivity contribution in [2.75, 3.05) is 0 Å². The van der Waals surface area contributed by atoms with E-state index >= 15 is 0 Å². The average molecular weight is 377 g/mol. The van der Waals surface area contributed by atoms with Gasteiger partial charge in [-0.3, -0.25) is 14.2 Å². The molecule has 26 heavy (non-hydrogen) atoms. The fourth-order valence-electron chi connectivity index (χ4n) is 3.05. The van der Waals surface area contributed by atoms with Crippen LogP contribution in [0.5, 0.6) is 0 Å². The van der Waals surface area contributed by atoms with Crippen LogP contribution in [0.1, 0.15) is 38.9 Å². The van der Waals surface area contributed by atoms with Gasteiger partial charge in [0.25, 0.3) is 5.56 Å². The molecule has 0 bridgehead atoms. The molecule has 6 nitrogen and oxygen atoms in total. The number of thiazole rings is 1. The third kappa shape index (κ3) is 2.74. The summed E-state index contributed by atoms with van der Waals surface area (Å²) in [6.45, 7) is 5.69. The summed E-state index contributed by atoms with van der Waals surface area (Å²) < 4.78 is 18.9. The lowest BCUT2D eigenvalue weighted by Crippen LogP contribution is -2.39. The van der Waals surface area contributed by atoms with Gasteiger partial charge in [-0.2, -0.15) is 0 Å². The highest BCUT2D eigenvalue weighted by Gasteiger charge is 2.19. The third-order valence-corrected chi connectivity index (χ3v) is 5.65. The van der Waals surface area contributed by atoms with Crippen molar-refractivity contribution in [2.24, 2.45) is 7.05 Å². The Balaban J connectivity index is 2.39. The van der Waals surface area contributed by atoms with Crippen molar-refractivity contribution < 1.29 is 4.39 Å². The summed E-state index contributed by atoms with van der Waals surface area (Å²) in [5, 5.41) is 0.